The highest BCUT2D eigenvalue weighted by Crippen LogP contribution is 2.20. The van der Waals surface area contributed by atoms with Crippen molar-refractivity contribution in [2.75, 3.05) is 5.73 Å². The molecular weight excluding hydrogens is 298 g/mol. The van der Waals surface area contributed by atoms with Gasteiger partial charge in [-0.2, -0.15) is 0 Å². The number of anilines is 1. The Bertz CT molecular complexity index is 777. The minimum Gasteiger partial charge on any atom is -0.398 e. The molecule has 0 spiro atoms. The second kappa shape index (κ2) is 5.79. The number of hydrogen-bond acceptors (Lipinski definition) is 3. The van der Waals surface area contributed by atoms with Gasteiger partial charge in [-0.15, -0.1) is 0 Å². The molecule has 0 atom stereocenters. The van der Waals surface area contributed by atoms with Gasteiger partial charge >= 0.3 is 0 Å². The van der Waals surface area contributed by atoms with Crippen LogP contribution in [0.1, 0.15) is 11.1 Å². The molecule has 0 radical (unpaired) electrons. The number of nitrogens with one attached hydrogen (secondary N) is 1. The molecule has 2 aromatic carbocycles. The van der Waals surface area contributed by atoms with Crippen molar-refractivity contribution in [3.63, 3.8) is 0 Å². The van der Waals surface area contributed by atoms with Gasteiger partial charge in [0.2, 0.25) is 10.0 Å². The maximum Gasteiger partial charge on any atom is 0.241 e. The Morgan fingerprint density at radius 2 is 1.90 bits per heavy atom. The Hall–Kier alpha value is -1.99. The minimum absolute atomic E-state index is 0.0324. The lowest BCUT2D eigenvalue weighted by atomic mass is 10.2. The fourth-order valence-electron chi connectivity index (χ4n) is 1.84. The van der Waals surface area contributed by atoms with Crippen LogP contribution in [-0.4, -0.2) is 8.42 Å². The third kappa shape index (κ3) is 3.37. The van der Waals surface area contributed by atoms with Crippen molar-refractivity contribution in [2.45, 2.75) is 18.4 Å². The Morgan fingerprint density at radius 1 is 1.19 bits per heavy atom. The maximum atomic E-state index is 13.5. The minimum atomic E-state index is -3.83. The number of nitrogen functional groups attached to an aromatic ring is 1. The summed E-state index contributed by atoms with van der Waals surface area (Å²) in [6, 6.07) is 7.49. The lowest BCUT2D eigenvalue weighted by Gasteiger charge is -2.11. The molecule has 0 heterocycles. The third-order valence-corrected chi connectivity index (χ3v) is 4.63. The van der Waals surface area contributed by atoms with E-state index in [4.69, 9.17) is 5.73 Å². The van der Waals surface area contributed by atoms with Gasteiger partial charge in [0, 0.05) is 23.9 Å². The standard InChI is InChI=1S/C14H14F2N2O2S/c1-9-13(17)3-2-4-14(9)21(19,20)18-8-10-5-6-11(15)7-12(10)16/h2-7,18H,8,17H2,1H3. The molecule has 0 aliphatic rings. The number of hydrogen-bond donors (Lipinski definition) is 2. The Kier molecular flexibility index (Phi) is 4.24. The van der Waals surface area contributed by atoms with Crippen LogP contribution in [0, 0.1) is 18.6 Å². The first kappa shape index (κ1) is 15.4. The largest absolute Gasteiger partial charge is 0.398 e. The van der Waals surface area contributed by atoms with Crippen molar-refractivity contribution in [3.05, 3.63) is 59.2 Å². The third-order valence-electron chi connectivity index (χ3n) is 3.08. The summed E-state index contributed by atoms with van der Waals surface area (Å²) in [5, 5.41) is 0. The Balaban J connectivity index is 2.24. The normalized spacial score (nSPS) is 11.6. The predicted molar refractivity (Wildman–Crippen MR) is 76.0 cm³/mol. The highest BCUT2D eigenvalue weighted by molar-refractivity contribution is 7.89. The fraction of sp³-hybridized carbons (Fsp3) is 0.143. The zero-order chi connectivity index (χ0) is 15.6. The average Bonchev–Trinajstić information content (AvgIpc) is 2.40. The molecular formula is C14H14F2N2O2S. The van der Waals surface area contributed by atoms with Gasteiger partial charge in [-0.25, -0.2) is 21.9 Å². The van der Waals surface area contributed by atoms with Gasteiger partial charge in [-0.3, -0.25) is 0 Å². The lowest BCUT2D eigenvalue weighted by Crippen LogP contribution is -2.24. The zero-order valence-corrected chi connectivity index (χ0v) is 12.0. The summed E-state index contributed by atoms with van der Waals surface area (Å²) in [6.45, 7) is 1.31. The van der Waals surface area contributed by atoms with Crippen LogP contribution in [0.25, 0.3) is 0 Å². The van der Waals surface area contributed by atoms with Gasteiger partial charge in [-0.05, 0) is 30.7 Å². The molecule has 21 heavy (non-hydrogen) atoms. The molecule has 0 aliphatic heterocycles. The second-order valence-electron chi connectivity index (χ2n) is 4.53. The summed E-state index contributed by atoms with van der Waals surface area (Å²) in [7, 11) is -3.83. The van der Waals surface area contributed by atoms with E-state index in [1.165, 1.54) is 18.2 Å². The van der Waals surface area contributed by atoms with Crippen LogP contribution >= 0.6 is 0 Å². The molecule has 4 nitrogen and oxygen atoms in total. The fourth-order valence-corrected chi connectivity index (χ4v) is 3.12. The summed E-state index contributed by atoms with van der Waals surface area (Å²) in [4.78, 5) is 0.0324. The van der Waals surface area contributed by atoms with Crippen LogP contribution in [0.4, 0.5) is 14.5 Å². The molecule has 112 valence electrons. The first-order valence-corrected chi connectivity index (χ1v) is 7.58. The van der Waals surface area contributed by atoms with Crippen molar-refractivity contribution in [3.8, 4) is 0 Å². The molecule has 3 N–H and O–H groups in total. The number of sulfonamides is 1. The van der Waals surface area contributed by atoms with Gasteiger partial charge in [0.15, 0.2) is 0 Å². The molecule has 0 aliphatic carbocycles. The summed E-state index contributed by atoms with van der Waals surface area (Å²) < 4.78 is 52.9. The van der Waals surface area contributed by atoms with E-state index < -0.39 is 21.7 Å². The van der Waals surface area contributed by atoms with E-state index in [0.29, 0.717) is 17.3 Å². The molecule has 0 fully saturated rings. The molecule has 2 rings (SSSR count). The van der Waals surface area contributed by atoms with E-state index >= 15 is 0 Å². The van der Waals surface area contributed by atoms with Gasteiger partial charge in [0.05, 0.1) is 4.90 Å². The monoisotopic (exact) mass is 312 g/mol. The van der Waals surface area contributed by atoms with Crippen LogP contribution in [0.5, 0.6) is 0 Å². The topological polar surface area (TPSA) is 72.2 Å². The molecule has 0 saturated carbocycles. The molecule has 0 unspecified atom stereocenters. The quantitative estimate of drug-likeness (QED) is 0.851. The summed E-state index contributed by atoms with van der Waals surface area (Å²) >= 11 is 0. The predicted octanol–water partition coefficient (Wildman–Crippen LogP) is 2.33. The van der Waals surface area contributed by atoms with Crippen LogP contribution in [-0.2, 0) is 16.6 Å². The summed E-state index contributed by atoms with van der Waals surface area (Å²) in [6.07, 6.45) is 0. The average molecular weight is 312 g/mol. The first-order valence-electron chi connectivity index (χ1n) is 6.10. The highest BCUT2D eigenvalue weighted by Gasteiger charge is 2.18. The van der Waals surface area contributed by atoms with Crippen LogP contribution in [0.3, 0.4) is 0 Å². The molecule has 7 heteroatoms. The van der Waals surface area contributed by atoms with E-state index in [0.717, 1.165) is 6.07 Å². The number of halogens is 2. The SMILES string of the molecule is Cc1c(N)cccc1S(=O)(=O)NCc1ccc(F)cc1F. The van der Waals surface area contributed by atoms with Crippen molar-refractivity contribution in [1.29, 1.82) is 0 Å². The van der Waals surface area contributed by atoms with Crippen molar-refractivity contribution in [1.82, 2.24) is 4.72 Å². The van der Waals surface area contributed by atoms with Crippen LogP contribution < -0.4 is 10.5 Å². The van der Waals surface area contributed by atoms with Crippen LogP contribution in [0.2, 0.25) is 0 Å². The van der Waals surface area contributed by atoms with Gasteiger partial charge < -0.3 is 5.73 Å². The van der Waals surface area contributed by atoms with E-state index in [2.05, 4.69) is 4.72 Å². The van der Waals surface area contributed by atoms with E-state index in [9.17, 15) is 17.2 Å². The lowest BCUT2D eigenvalue weighted by molar-refractivity contribution is 0.562. The van der Waals surface area contributed by atoms with Crippen LogP contribution in [0.15, 0.2) is 41.3 Å². The molecule has 0 aromatic heterocycles. The second-order valence-corrected chi connectivity index (χ2v) is 6.27. The number of rotatable bonds is 4. The molecule has 0 saturated heterocycles. The van der Waals surface area contributed by atoms with E-state index in [1.807, 2.05) is 0 Å². The Morgan fingerprint density at radius 3 is 2.57 bits per heavy atom. The van der Waals surface area contributed by atoms with Crippen molar-refractivity contribution in [2.24, 2.45) is 0 Å². The van der Waals surface area contributed by atoms with Crippen molar-refractivity contribution < 1.29 is 17.2 Å². The maximum absolute atomic E-state index is 13.5. The first-order chi connectivity index (χ1) is 9.81. The van der Waals surface area contributed by atoms with Gasteiger partial charge in [0.1, 0.15) is 11.6 Å². The molecule has 2 aromatic rings. The highest BCUT2D eigenvalue weighted by atomic mass is 32.2. The van der Waals surface area contributed by atoms with Gasteiger partial charge in [0.25, 0.3) is 0 Å². The Labute approximate surface area is 121 Å². The van der Waals surface area contributed by atoms with E-state index in [1.54, 1.807) is 13.0 Å². The number of benzene rings is 2. The van der Waals surface area contributed by atoms with Gasteiger partial charge in [-0.1, -0.05) is 12.1 Å². The van der Waals surface area contributed by atoms with E-state index in [-0.39, 0.29) is 17.0 Å². The molecule has 0 bridgehead atoms. The van der Waals surface area contributed by atoms with Crippen molar-refractivity contribution >= 4 is 15.7 Å². The zero-order valence-electron chi connectivity index (χ0n) is 11.2. The summed E-state index contributed by atoms with van der Waals surface area (Å²) in [5.74, 6) is -1.52. The summed E-state index contributed by atoms with van der Waals surface area (Å²) in [5.41, 5.74) is 6.50. The smallest absolute Gasteiger partial charge is 0.241 e. The number of nitrogens with two attached hydrogens (primary N) is 1. The molecule has 0 amide bonds.